The number of hydrogen-bond donors (Lipinski definition) is 0. The number of rotatable bonds is 4. The molecule has 1 amide bonds. The number of fused-ring (bicyclic) bond motifs is 1. The van der Waals surface area contributed by atoms with Gasteiger partial charge in [-0.2, -0.15) is 4.98 Å². The lowest BCUT2D eigenvalue weighted by Gasteiger charge is -2.32. The van der Waals surface area contributed by atoms with Crippen LogP contribution < -0.4 is 9.64 Å². The third kappa shape index (κ3) is 5.03. The summed E-state index contributed by atoms with van der Waals surface area (Å²) in [5.41, 5.74) is 1.66. The molecule has 0 radical (unpaired) electrons. The van der Waals surface area contributed by atoms with Crippen molar-refractivity contribution in [3.8, 4) is 11.6 Å². The second-order valence-corrected chi connectivity index (χ2v) is 8.95. The van der Waals surface area contributed by atoms with Crippen LogP contribution in [-0.4, -0.2) is 53.6 Å². The highest BCUT2D eigenvalue weighted by atomic mass is 35.5. The fourth-order valence-corrected chi connectivity index (χ4v) is 4.31. The number of ether oxygens (including phenoxy) is 2. The maximum Gasteiger partial charge on any atom is 0.254 e. The van der Waals surface area contributed by atoms with E-state index in [0.717, 1.165) is 12.1 Å². The lowest BCUT2D eigenvalue weighted by Crippen LogP contribution is -2.39. The molecule has 0 bridgehead atoms. The maximum atomic E-state index is 14.4. The van der Waals surface area contributed by atoms with Gasteiger partial charge in [-0.15, -0.1) is 0 Å². The summed E-state index contributed by atoms with van der Waals surface area (Å²) in [5, 5.41) is 0.637. The number of nitrogens with zero attached hydrogens (tertiary/aromatic N) is 4. The average molecular weight is 521 g/mol. The Labute approximate surface area is 210 Å². The van der Waals surface area contributed by atoms with Crippen LogP contribution in [0.25, 0.3) is 0 Å². The summed E-state index contributed by atoms with van der Waals surface area (Å²) >= 11 is 12.1. The molecular formula is C24H20Cl2F2N4O3. The molecule has 182 valence electrons. The zero-order chi connectivity index (χ0) is 24.5. The minimum atomic E-state index is -0.857. The van der Waals surface area contributed by atoms with Crippen LogP contribution in [0, 0.1) is 11.6 Å². The lowest BCUT2D eigenvalue weighted by atomic mass is 10.1. The van der Waals surface area contributed by atoms with Crippen molar-refractivity contribution >= 4 is 35.1 Å². The summed E-state index contributed by atoms with van der Waals surface area (Å²) in [7, 11) is 0. The van der Waals surface area contributed by atoms with E-state index in [1.54, 1.807) is 17.0 Å². The molecular weight excluding hydrogens is 501 g/mol. The Morgan fingerprint density at radius 1 is 1.00 bits per heavy atom. The van der Waals surface area contributed by atoms with Gasteiger partial charge in [-0.25, -0.2) is 13.8 Å². The topological polar surface area (TPSA) is 67.8 Å². The molecule has 1 fully saturated rings. The van der Waals surface area contributed by atoms with Gasteiger partial charge in [-0.3, -0.25) is 4.79 Å². The minimum Gasteiger partial charge on any atom is -0.435 e. The van der Waals surface area contributed by atoms with E-state index in [2.05, 4.69) is 4.98 Å². The first-order valence-corrected chi connectivity index (χ1v) is 11.7. The average Bonchev–Trinajstić information content (AvgIpc) is 2.87. The molecule has 2 aliphatic rings. The van der Waals surface area contributed by atoms with Crippen molar-refractivity contribution in [3.05, 3.63) is 74.9 Å². The first-order chi connectivity index (χ1) is 16.9. The summed E-state index contributed by atoms with van der Waals surface area (Å²) in [5.74, 6) is -1.43. The smallest absolute Gasteiger partial charge is 0.254 e. The molecule has 2 aliphatic heterocycles. The molecule has 0 spiro atoms. The monoisotopic (exact) mass is 520 g/mol. The third-order valence-electron chi connectivity index (χ3n) is 5.86. The molecule has 7 nitrogen and oxygen atoms in total. The van der Waals surface area contributed by atoms with E-state index in [9.17, 15) is 13.6 Å². The number of morpholine rings is 1. The van der Waals surface area contributed by atoms with Gasteiger partial charge in [0.1, 0.15) is 5.82 Å². The SMILES string of the molecule is O=C(c1ccc(Cl)c(Cl)c1)N1CCc2nc(N3CCOCC3)nc(Oc3ccc(F)cc3F)c2C1. The molecule has 3 heterocycles. The number of carbonyl (C=O) groups is 1. The molecule has 11 heteroatoms. The maximum absolute atomic E-state index is 14.4. The normalized spacial score (nSPS) is 15.7. The molecule has 1 aromatic heterocycles. The predicted octanol–water partition coefficient (Wildman–Crippen LogP) is 4.89. The van der Waals surface area contributed by atoms with Crippen molar-refractivity contribution in [2.75, 3.05) is 37.7 Å². The van der Waals surface area contributed by atoms with Crippen LogP contribution in [-0.2, 0) is 17.7 Å². The van der Waals surface area contributed by atoms with Gasteiger partial charge in [0, 0.05) is 37.7 Å². The van der Waals surface area contributed by atoms with E-state index >= 15 is 0 Å². The molecule has 2 aromatic carbocycles. The van der Waals surface area contributed by atoms with Crippen LogP contribution in [0.3, 0.4) is 0 Å². The summed E-state index contributed by atoms with van der Waals surface area (Å²) in [6.07, 6.45) is 0.449. The van der Waals surface area contributed by atoms with E-state index in [4.69, 9.17) is 37.7 Å². The van der Waals surface area contributed by atoms with Crippen LogP contribution in [0.15, 0.2) is 36.4 Å². The van der Waals surface area contributed by atoms with Gasteiger partial charge in [-0.1, -0.05) is 23.2 Å². The highest BCUT2D eigenvalue weighted by Crippen LogP contribution is 2.33. The van der Waals surface area contributed by atoms with E-state index in [1.807, 2.05) is 4.90 Å². The number of amides is 1. The standard InChI is InChI=1S/C24H20Cl2F2N4O3/c25-17-3-1-14(11-18(17)26)23(33)32-6-5-20-16(13-32)22(35-21-4-2-15(27)12-19(21)28)30-24(29-20)31-7-9-34-10-8-31/h1-4,11-12H,5-10,13H2. The molecule has 0 unspecified atom stereocenters. The van der Waals surface area contributed by atoms with Crippen molar-refractivity contribution in [2.45, 2.75) is 13.0 Å². The van der Waals surface area contributed by atoms with E-state index in [-0.39, 0.29) is 29.1 Å². The first kappa shape index (κ1) is 23.7. The van der Waals surface area contributed by atoms with E-state index < -0.39 is 11.6 Å². The fraction of sp³-hybridized carbons (Fsp3) is 0.292. The summed E-state index contributed by atoms with van der Waals surface area (Å²) in [4.78, 5) is 26.0. The lowest BCUT2D eigenvalue weighted by molar-refractivity contribution is 0.0731. The van der Waals surface area contributed by atoms with Crippen LogP contribution in [0.1, 0.15) is 21.6 Å². The van der Waals surface area contributed by atoms with Crippen LogP contribution in [0.2, 0.25) is 10.0 Å². The zero-order valence-corrected chi connectivity index (χ0v) is 20.0. The van der Waals surface area contributed by atoms with Crippen LogP contribution in [0.5, 0.6) is 11.6 Å². The number of halogens is 4. The predicted molar refractivity (Wildman–Crippen MR) is 126 cm³/mol. The Hall–Kier alpha value is -3.01. The molecule has 35 heavy (non-hydrogen) atoms. The first-order valence-electron chi connectivity index (χ1n) is 11.0. The molecule has 0 N–H and O–H groups in total. The quantitative estimate of drug-likeness (QED) is 0.487. The Balaban J connectivity index is 1.49. The second kappa shape index (κ2) is 9.93. The highest BCUT2D eigenvalue weighted by molar-refractivity contribution is 6.42. The van der Waals surface area contributed by atoms with Crippen molar-refractivity contribution in [1.82, 2.24) is 14.9 Å². The minimum absolute atomic E-state index is 0.119. The number of benzene rings is 2. The molecule has 0 saturated carbocycles. The molecule has 0 atom stereocenters. The second-order valence-electron chi connectivity index (χ2n) is 8.14. The molecule has 1 saturated heterocycles. The van der Waals surface area contributed by atoms with Gasteiger partial charge in [0.15, 0.2) is 11.6 Å². The van der Waals surface area contributed by atoms with Crippen molar-refractivity contribution in [1.29, 1.82) is 0 Å². The number of aromatic nitrogens is 2. The van der Waals surface area contributed by atoms with Crippen molar-refractivity contribution < 1.29 is 23.0 Å². The highest BCUT2D eigenvalue weighted by Gasteiger charge is 2.29. The number of hydrogen-bond acceptors (Lipinski definition) is 6. The van der Waals surface area contributed by atoms with Gasteiger partial charge in [0.25, 0.3) is 5.91 Å². The summed E-state index contributed by atoms with van der Waals surface area (Å²) in [6.45, 7) is 2.84. The Morgan fingerprint density at radius 2 is 1.80 bits per heavy atom. The van der Waals surface area contributed by atoms with Gasteiger partial charge in [0.2, 0.25) is 11.8 Å². The van der Waals surface area contributed by atoms with Crippen LogP contribution in [0.4, 0.5) is 14.7 Å². The van der Waals surface area contributed by atoms with E-state index in [0.29, 0.717) is 67.1 Å². The Morgan fingerprint density at radius 3 is 2.54 bits per heavy atom. The van der Waals surface area contributed by atoms with E-state index in [1.165, 1.54) is 12.1 Å². The van der Waals surface area contributed by atoms with Crippen molar-refractivity contribution in [2.24, 2.45) is 0 Å². The van der Waals surface area contributed by atoms with Gasteiger partial charge < -0.3 is 19.3 Å². The summed E-state index contributed by atoms with van der Waals surface area (Å²) in [6, 6.07) is 7.75. The molecule has 5 rings (SSSR count). The largest absolute Gasteiger partial charge is 0.435 e. The van der Waals surface area contributed by atoms with Gasteiger partial charge in [-0.05, 0) is 30.3 Å². The van der Waals surface area contributed by atoms with Gasteiger partial charge in [0.05, 0.1) is 41.1 Å². The van der Waals surface area contributed by atoms with Gasteiger partial charge >= 0.3 is 0 Å². The van der Waals surface area contributed by atoms with Crippen molar-refractivity contribution in [3.63, 3.8) is 0 Å². The Bertz CT molecular complexity index is 1290. The fourth-order valence-electron chi connectivity index (χ4n) is 4.01. The summed E-state index contributed by atoms with van der Waals surface area (Å²) < 4.78 is 39.1. The van der Waals surface area contributed by atoms with Crippen LogP contribution >= 0.6 is 23.2 Å². The Kier molecular flexibility index (Phi) is 6.73. The zero-order valence-electron chi connectivity index (χ0n) is 18.4. The molecule has 3 aromatic rings. The number of carbonyl (C=O) groups excluding carboxylic acids is 1. The third-order valence-corrected chi connectivity index (χ3v) is 6.60. The number of anilines is 1. The molecule has 0 aliphatic carbocycles.